The number of alkyl halides is 3. The van der Waals surface area contributed by atoms with E-state index in [0.717, 1.165) is 12.1 Å². The molecule has 0 saturated carbocycles. The van der Waals surface area contributed by atoms with Gasteiger partial charge in [-0.1, -0.05) is 0 Å². The van der Waals surface area contributed by atoms with Gasteiger partial charge in [-0.15, -0.1) is 13.2 Å². The summed E-state index contributed by atoms with van der Waals surface area (Å²) >= 11 is 0. The Labute approximate surface area is 181 Å². The first-order valence-electron chi connectivity index (χ1n) is 9.27. The molecule has 14 heteroatoms. The van der Waals surface area contributed by atoms with Crippen molar-refractivity contribution in [2.24, 2.45) is 7.05 Å². The number of aryl methyl sites for hydroxylation is 1. The first kappa shape index (κ1) is 22.3. The number of oxazole rings is 1. The maximum absolute atomic E-state index is 13.9. The van der Waals surface area contributed by atoms with Crippen LogP contribution in [-0.4, -0.2) is 45.1 Å². The van der Waals surface area contributed by atoms with Crippen LogP contribution in [-0.2, 0) is 11.9 Å². The largest absolute Gasteiger partial charge is 0.573 e. The third kappa shape index (κ3) is 4.80. The minimum absolute atomic E-state index is 0.0369. The predicted molar refractivity (Wildman–Crippen MR) is 105 cm³/mol. The van der Waals surface area contributed by atoms with Crippen LogP contribution < -0.4 is 15.5 Å². The third-order valence-electron chi connectivity index (χ3n) is 4.39. The van der Waals surface area contributed by atoms with E-state index in [2.05, 4.69) is 25.5 Å². The van der Waals surface area contributed by atoms with Crippen molar-refractivity contribution in [2.75, 3.05) is 18.5 Å². The van der Waals surface area contributed by atoms with E-state index in [1.54, 1.807) is 17.7 Å². The lowest BCUT2D eigenvalue weighted by atomic mass is 10.2. The molecule has 4 rings (SSSR count). The van der Waals surface area contributed by atoms with Crippen molar-refractivity contribution >= 4 is 40.0 Å². The van der Waals surface area contributed by atoms with E-state index in [-0.39, 0.29) is 41.8 Å². The number of carbonyl (C=O) groups is 1. The van der Waals surface area contributed by atoms with E-state index in [0.29, 0.717) is 11.0 Å². The number of halogens is 4. The molecule has 0 saturated heterocycles. The van der Waals surface area contributed by atoms with Gasteiger partial charge >= 0.3 is 12.4 Å². The first-order chi connectivity index (χ1) is 15.6. The summed E-state index contributed by atoms with van der Waals surface area (Å²) in [5.41, 5.74) is 3.31. The summed E-state index contributed by atoms with van der Waals surface area (Å²) < 4.78 is 61.8. The summed E-state index contributed by atoms with van der Waals surface area (Å²) in [4.78, 5) is 25.2. The molecule has 0 aliphatic heterocycles. The molecule has 2 heterocycles. The molecule has 0 aliphatic carbocycles. The Morgan fingerprint density at radius 3 is 2.73 bits per heavy atom. The number of benzene rings is 2. The number of fused-ring (bicyclic) bond motifs is 2. The Morgan fingerprint density at radius 1 is 1.21 bits per heavy atom. The molecule has 0 bridgehead atoms. The number of rotatable bonds is 7. The Kier molecular flexibility index (Phi) is 5.78. The van der Waals surface area contributed by atoms with Crippen LogP contribution in [0, 0.1) is 5.82 Å². The molecule has 2 aromatic carbocycles. The highest BCUT2D eigenvalue weighted by molar-refractivity contribution is 5.97. The van der Waals surface area contributed by atoms with E-state index in [9.17, 15) is 22.4 Å². The highest BCUT2D eigenvalue weighted by atomic mass is 19.4. The number of aliphatic hydroxyl groups excluding tert-OH is 1. The maximum atomic E-state index is 13.9. The van der Waals surface area contributed by atoms with Gasteiger partial charge in [-0.25, -0.2) is 14.9 Å². The normalized spacial score (nSPS) is 11.8. The summed E-state index contributed by atoms with van der Waals surface area (Å²) in [6, 6.07) is 6.02. The Balaban J connectivity index is 1.59. The van der Waals surface area contributed by atoms with Crippen LogP contribution in [0.5, 0.6) is 5.75 Å². The number of aliphatic hydroxyl groups is 1. The van der Waals surface area contributed by atoms with Gasteiger partial charge in [0.1, 0.15) is 5.52 Å². The van der Waals surface area contributed by atoms with Crippen molar-refractivity contribution in [1.82, 2.24) is 20.0 Å². The molecule has 0 unspecified atom stereocenters. The molecule has 1 amide bonds. The molecule has 10 nitrogen and oxygen atoms in total. The van der Waals surface area contributed by atoms with Gasteiger partial charge in [0.05, 0.1) is 24.2 Å². The van der Waals surface area contributed by atoms with Crippen LogP contribution in [0.15, 0.2) is 34.7 Å². The van der Waals surface area contributed by atoms with Crippen LogP contribution in [0.2, 0.25) is 0 Å². The fourth-order valence-corrected chi connectivity index (χ4v) is 2.96. The molecule has 0 fully saturated rings. The van der Waals surface area contributed by atoms with Crippen molar-refractivity contribution in [1.29, 1.82) is 0 Å². The highest BCUT2D eigenvalue weighted by Gasteiger charge is 2.33. The molecule has 33 heavy (non-hydrogen) atoms. The van der Waals surface area contributed by atoms with Crippen LogP contribution >= 0.6 is 0 Å². The molecule has 0 aliphatic rings. The topological polar surface area (TPSA) is 124 Å². The van der Waals surface area contributed by atoms with Crippen molar-refractivity contribution in [2.45, 2.75) is 6.36 Å². The maximum Gasteiger partial charge on any atom is 0.573 e. The molecule has 174 valence electrons. The first-order valence-corrected chi connectivity index (χ1v) is 9.27. The lowest BCUT2D eigenvalue weighted by Crippen LogP contribution is -2.25. The molecule has 2 aromatic heterocycles. The van der Waals surface area contributed by atoms with Crippen LogP contribution in [0.3, 0.4) is 0 Å². The zero-order valence-electron chi connectivity index (χ0n) is 16.7. The van der Waals surface area contributed by atoms with Gasteiger partial charge in [0, 0.05) is 24.7 Å². The van der Waals surface area contributed by atoms with Gasteiger partial charge in [-0.3, -0.25) is 14.9 Å². The second kappa shape index (κ2) is 8.55. The van der Waals surface area contributed by atoms with E-state index >= 15 is 0 Å². The summed E-state index contributed by atoms with van der Waals surface area (Å²) in [6.45, 7) is -0.322. The predicted octanol–water partition coefficient (Wildman–Crippen LogP) is 3.15. The molecular formula is C19H15F4N5O5. The van der Waals surface area contributed by atoms with Gasteiger partial charge < -0.3 is 18.8 Å². The number of carbonyl (C=O) groups excluding carboxylic acids is 1. The monoisotopic (exact) mass is 469 g/mol. The average molecular weight is 469 g/mol. The van der Waals surface area contributed by atoms with Crippen molar-refractivity contribution < 1.29 is 41.5 Å². The Hall–Kier alpha value is -3.91. The minimum atomic E-state index is -5.07. The van der Waals surface area contributed by atoms with E-state index in [1.807, 2.05) is 0 Å². The number of ether oxygens (including phenoxy) is 1. The molecule has 3 N–H and O–H groups in total. The summed E-state index contributed by atoms with van der Waals surface area (Å²) in [5, 5.41) is 11.4. The van der Waals surface area contributed by atoms with Crippen molar-refractivity contribution in [3.63, 3.8) is 0 Å². The molecule has 0 atom stereocenters. The fourth-order valence-electron chi connectivity index (χ4n) is 2.96. The number of hydrogen-bond acceptors (Lipinski definition) is 8. The SMILES string of the molecule is Cn1c(Nc2nc3cc(F)c(OC(F)(F)F)cc3o2)nc2cc(C(=O)NOCCO)ccc21. The second-order valence-electron chi connectivity index (χ2n) is 6.64. The summed E-state index contributed by atoms with van der Waals surface area (Å²) in [5.74, 6) is -2.60. The minimum Gasteiger partial charge on any atom is -0.423 e. The number of aromatic nitrogens is 3. The van der Waals surface area contributed by atoms with Gasteiger partial charge in [0.15, 0.2) is 17.1 Å². The number of anilines is 2. The van der Waals surface area contributed by atoms with Crippen molar-refractivity contribution in [3.05, 3.63) is 41.7 Å². The van der Waals surface area contributed by atoms with E-state index in [4.69, 9.17) is 14.4 Å². The number of nitrogens with one attached hydrogen (secondary N) is 2. The number of amides is 1. The van der Waals surface area contributed by atoms with Gasteiger partial charge in [-0.2, -0.15) is 4.98 Å². The quantitative estimate of drug-likeness (QED) is 0.214. The van der Waals surface area contributed by atoms with Crippen LogP contribution in [0.4, 0.5) is 29.5 Å². The lowest BCUT2D eigenvalue weighted by molar-refractivity contribution is -0.275. The van der Waals surface area contributed by atoms with Gasteiger partial charge in [0.2, 0.25) is 5.95 Å². The molecule has 0 spiro atoms. The van der Waals surface area contributed by atoms with Gasteiger partial charge in [0.25, 0.3) is 5.91 Å². The number of nitrogens with zero attached hydrogens (tertiary/aromatic N) is 3. The standard InChI is InChI=1S/C19H15F4N5O5/c1-28-13-3-2-9(16(30)27-31-5-4-29)6-11(13)24-17(28)26-18-25-12-7-10(20)14(8-15(12)32-18)33-19(21,22)23/h2-3,6-8,29H,4-5H2,1H3,(H,27,30)(H,24,25,26). The average Bonchev–Trinajstić information content (AvgIpc) is 3.27. The van der Waals surface area contributed by atoms with Crippen LogP contribution in [0.1, 0.15) is 10.4 Å². The second-order valence-corrected chi connectivity index (χ2v) is 6.64. The highest BCUT2D eigenvalue weighted by Crippen LogP contribution is 2.32. The Bertz CT molecular complexity index is 1330. The zero-order valence-corrected chi connectivity index (χ0v) is 16.7. The molecule has 4 aromatic rings. The van der Waals surface area contributed by atoms with Gasteiger partial charge in [-0.05, 0) is 18.2 Å². The number of imidazole rings is 1. The van der Waals surface area contributed by atoms with Crippen molar-refractivity contribution in [3.8, 4) is 5.75 Å². The molecular weight excluding hydrogens is 454 g/mol. The molecule has 0 radical (unpaired) electrons. The zero-order chi connectivity index (χ0) is 23.8. The summed E-state index contributed by atoms with van der Waals surface area (Å²) in [7, 11) is 1.67. The fraction of sp³-hybridized carbons (Fsp3) is 0.211. The van der Waals surface area contributed by atoms with E-state index in [1.165, 1.54) is 12.1 Å². The van der Waals surface area contributed by atoms with Crippen LogP contribution in [0.25, 0.3) is 22.1 Å². The smallest absolute Gasteiger partial charge is 0.423 e. The number of hydroxylamine groups is 1. The summed E-state index contributed by atoms with van der Waals surface area (Å²) in [6.07, 6.45) is -5.07. The lowest BCUT2D eigenvalue weighted by Gasteiger charge is -2.08. The Morgan fingerprint density at radius 2 is 2.00 bits per heavy atom. The number of hydrogen-bond donors (Lipinski definition) is 3. The third-order valence-corrected chi connectivity index (χ3v) is 4.39. The van der Waals surface area contributed by atoms with E-state index < -0.39 is 23.8 Å².